The fraction of sp³-hybridized carbons (Fsp3) is 0.667. The van der Waals surface area contributed by atoms with Crippen molar-refractivity contribution >= 4 is 17.3 Å². The molecule has 1 N–H and O–H groups in total. The van der Waals surface area contributed by atoms with Gasteiger partial charge in [0, 0.05) is 6.54 Å². The summed E-state index contributed by atoms with van der Waals surface area (Å²) in [5, 5.41) is 9.91. The highest BCUT2D eigenvalue weighted by atomic mass is 32.1. The van der Waals surface area contributed by atoms with Crippen LogP contribution in [-0.4, -0.2) is 34.0 Å². The maximum atomic E-state index is 11.1. The predicted molar refractivity (Wildman–Crippen MR) is 67.5 cm³/mol. The van der Waals surface area contributed by atoms with E-state index in [4.69, 9.17) is 5.11 Å². The number of aromatic nitrogens is 1. The minimum Gasteiger partial charge on any atom is -0.476 e. The van der Waals surface area contributed by atoms with Crippen LogP contribution in [0.2, 0.25) is 0 Å². The molecule has 0 radical (unpaired) electrons. The zero-order valence-corrected chi connectivity index (χ0v) is 11.1. The zero-order chi connectivity index (χ0) is 12.4. The number of carboxylic acid groups (broad SMARTS) is 1. The summed E-state index contributed by atoms with van der Waals surface area (Å²) >= 11 is 1.50. The maximum absolute atomic E-state index is 11.1. The highest BCUT2D eigenvalue weighted by Crippen LogP contribution is 2.23. The van der Waals surface area contributed by atoms with Crippen molar-refractivity contribution in [3.8, 4) is 0 Å². The van der Waals surface area contributed by atoms with E-state index in [1.165, 1.54) is 24.2 Å². The Balaban J connectivity index is 2.05. The van der Waals surface area contributed by atoms with Gasteiger partial charge < -0.3 is 5.11 Å². The molecule has 2 heterocycles. The van der Waals surface area contributed by atoms with Gasteiger partial charge in [-0.1, -0.05) is 6.92 Å². The number of aryl methyl sites for hydroxylation is 1. The average molecular weight is 254 g/mol. The summed E-state index contributed by atoms with van der Waals surface area (Å²) in [5.41, 5.74) is 0.242. The second-order valence-corrected chi connectivity index (χ2v) is 6.06. The van der Waals surface area contributed by atoms with Gasteiger partial charge in [0.15, 0.2) is 5.69 Å². The van der Waals surface area contributed by atoms with E-state index in [9.17, 15) is 4.79 Å². The molecule has 0 atom stereocenters. The van der Waals surface area contributed by atoms with E-state index in [2.05, 4.69) is 16.8 Å². The van der Waals surface area contributed by atoms with Gasteiger partial charge in [0.2, 0.25) is 0 Å². The van der Waals surface area contributed by atoms with Crippen molar-refractivity contribution in [1.82, 2.24) is 9.88 Å². The van der Waals surface area contributed by atoms with Gasteiger partial charge in [0.25, 0.3) is 0 Å². The number of rotatable bonds is 3. The van der Waals surface area contributed by atoms with Gasteiger partial charge in [-0.15, -0.1) is 11.3 Å². The molecule has 94 valence electrons. The van der Waals surface area contributed by atoms with Crippen LogP contribution in [0.1, 0.15) is 40.1 Å². The quantitative estimate of drug-likeness (QED) is 0.899. The summed E-state index contributed by atoms with van der Waals surface area (Å²) in [6, 6.07) is 0. The summed E-state index contributed by atoms with van der Waals surface area (Å²) in [7, 11) is 0. The lowest BCUT2D eigenvalue weighted by atomic mass is 9.99. The molecule has 1 fully saturated rings. The number of nitrogens with zero attached hydrogens (tertiary/aromatic N) is 2. The molecule has 1 saturated heterocycles. The summed E-state index contributed by atoms with van der Waals surface area (Å²) in [4.78, 5) is 18.4. The third-order valence-corrected chi connectivity index (χ3v) is 4.21. The molecule has 4 nitrogen and oxygen atoms in total. The Bertz CT molecular complexity index is 409. The van der Waals surface area contributed by atoms with Crippen molar-refractivity contribution in [2.75, 3.05) is 13.1 Å². The molecule has 1 aromatic heterocycles. The van der Waals surface area contributed by atoms with E-state index in [0.29, 0.717) is 0 Å². The molecule has 5 heteroatoms. The molecule has 0 aromatic carbocycles. The number of piperidine rings is 1. The van der Waals surface area contributed by atoms with Crippen molar-refractivity contribution in [2.45, 2.75) is 33.2 Å². The lowest BCUT2D eigenvalue weighted by molar-refractivity contribution is 0.0688. The fourth-order valence-corrected chi connectivity index (χ4v) is 3.14. The first-order valence-electron chi connectivity index (χ1n) is 5.98. The number of likely N-dealkylation sites (tertiary alicyclic amines) is 1. The van der Waals surface area contributed by atoms with E-state index in [1.807, 2.05) is 6.92 Å². The third kappa shape index (κ3) is 3.04. The Kier molecular flexibility index (Phi) is 3.79. The van der Waals surface area contributed by atoms with Crippen LogP contribution >= 0.6 is 11.3 Å². The fourth-order valence-electron chi connectivity index (χ4n) is 2.17. The van der Waals surface area contributed by atoms with Gasteiger partial charge in [-0.3, -0.25) is 4.90 Å². The first-order chi connectivity index (χ1) is 8.06. The van der Waals surface area contributed by atoms with Crippen LogP contribution in [0.4, 0.5) is 0 Å². The Hall–Kier alpha value is -0.940. The van der Waals surface area contributed by atoms with Crippen LogP contribution in [0.5, 0.6) is 0 Å². The smallest absolute Gasteiger partial charge is 0.355 e. The second-order valence-electron chi connectivity index (χ2n) is 4.77. The van der Waals surface area contributed by atoms with Crippen LogP contribution in [0.15, 0.2) is 0 Å². The van der Waals surface area contributed by atoms with Gasteiger partial charge in [0.05, 0.1) is 9.88 Å². The molecule has 1 aromatic rings. The SMILES string of the molecule is Cc1nc(C(=O)O)c(CN2CCC(C)CC2)s1. The molecule has 0 bridgehead atoms. The van der Waals surface area contributed by atoms with E-state index in [1.54, 1.807) is 0 Å². The van der Waals surface area contributed by atoms with Crippen LogP contribution in [0.3, 0.4) is 0 Å². The Morgan fingerprint density at radius 2 is 2.18 bits per heavy atom. The third-order valence-electron chi connectivity index (χ3n) is 3.25. The average Bonchev–Trinajstić information content (AvgIpc) is 2.63. The number of carboxylic acids is 1. The van der Waals surface area contributed by atoms with Crippen LogP contribution in [0.25, 0.3) is 0 Å². The van der Waals surface area contributed by atoms with E-state index >= 15 is 0 Å². The first-order valence-corrected chi connectivity index (χ1v) is 6.80. The van der Waals surface area contributed by atoms with Crippen molar-refractivity contribution in [2.24, 2.45) is 5.92 Å². The molecule has 17 heavy (non-hydrogen) atoms. The van der Waals surface area contributed by atoms with Crippen molar-refractivity contribution in [3.63, 3.8) is 0 Å². The largest absolute Gasteiger partial charge is 0.476 e. The zero-order valence-electron chi connectivity index (χ0n) is 10.3. The molecule has 0 saturated carbocycles. The van der Waals surface area contributed by atoms with Crippen molar-refractivity contribution in [3.05, 3.63) is 15.6 Å². The number of carbonyl (C=O) groups is 1. The minimum atomic E-state index is -0.908. The number of hydrogen-bond donors (Lipinski definition) is 1. The molecule has 1 aliphatic rings. The maximum Gasteiger partial charge on any atom is 0.355 e. The lowest BCUT2D eigenvalue weighted by Gasteiger charge is -2.29. The number of aromatic carboxylic acids is 1. The first kappa shape index (κ1) is 12.5. The summed E-state index contributed by atoms with van der Waals surface area (Å²) in [6.07, 6.45) is 2.42. The summed E-state index contributed by atoms with van der Waals surface area (Å²) < 4.78 is 0. The molecule has 2 rings (SSSR count). The molecule has 0 amide bonds. The van der Waals surface area contributed by atoms with E-state index in [0.717, 1.165) is 35.4 Å². The van der Waals surface area contributed by atoms with Gasteiger partial charge in [-0.25, -0.2) is 9.78 Å². The van der Waals surface area contributed by atoms with Crippen molar-refractivity contribution in [1.29, 1.82) is 0 Å². The summed E-state index contributed by atoms with van der Waals surface area (Å²) in [5.74, 6) is -0.108. The predicted octanol–water partition coefficient (Wildman–Crippen LogP) is 2.38. The monoisotopic (exact) mass is 254 g/mol. The van der Waals surface area contributed by atoms with Crippen LogP contribution < -0.4 is 0 Å². The number of hydrogen-bond acceptors (Lipinski definition) is 4. The van der Waals surface area contributed by atoms with E-state index in [-0.39, 0.29) is 5.69 Å². The van der Waals surface area contributed by atoms with Gasteiger partial charge in [-0.05, 0) is 38.8 Å². The molecule has 0 spiro atoms. The topological polar surface area (TPSA) is 53.4 Å². The summed E-state index contributed by atoms with van der Waals surface area (Å²) in [6.45, 7) is 7.00. The standard InChI is InChI=1S/C12H18N2O2S/c1-8-3-5-14(6-4-8)7-10-11(12(15)16)13-9(2)17-10/h8H,3-7H2,1-2H3,(H,15,16). The van der Waals surface area contributed by atoms with Crippen LogP contribution in [-0.2, 0) is 6.54 Å². The Labute approximate surface area is 105 Å². The molecular weight excluding hydrogens is 236 g/mol. The van der Waals surface area contributed by atoms with Crippen molar-refractivity contribution < 1.29 is 9.90 Å². The van der Waals surface area contributed by atoms with E-state index < -0.39 is 5.97 Å². The Morgan fingerprint density at radius 1 is 1.53 bits per heavy atom. The normalized spacial score (nSPS) is 18.5. The molecular formula is C12H18N2O2S. The highest BCUT2D eigenvalue weighted by Gasteiger charge is 2.21. The Morgan fingerprint density at radius 3 is 2.76 bits per heavy atom. The lowest BCUT2D eigenvalue weighted by Crippen LogP contribution is -2.32. The molecule has 0 aliphatic carbocycles. The molecule has 0 unspecified atom stereocenters. The van der Waals surface area contributed by atoms with Gasteiger partial charge >= 0.3 is 5.97 Å². The molecule has 1 aliphatic heterocycles. The minimum absolute atomic E-state index is 0.242. The second kappa shape index (κ2) is 5.14. The number of thiazole rings is 1. The van der Waals surface area contributed by atoms with Gasteiger partial charge in [0.1, 0.15) is 0 Å². The van der Waals surface area contributed by atoms with Crippen LogP contribution in [0, 0.1) is 12.8 Å². The van der Waals surface area contributed by atoms with Gasteiger partial charge in [-0.2, -0.15) is 0 Å². The highest BCUT2D eigenvalue weighted by molar-refractivity contribution is 7.11.